The van der Waals surface area contributed by atoms with E-state index in [1.54, 1.807) is 22.3 Å². The Hall–Kier alpha value is -2.70. The van der Waals surface area contributed by atoms with Crippen molar-refractivity contribution in [3.63, 3.8) is 0 Å². The van der Waals surface area contributed by atoms with Crippen molar-refractivity contribution in [1.82, 2.24) is 0 Å². The maximum Gasteiger partial charge on any atom is 0.213 e. The summed E-state index contributed by atoms with van der Waals surface area (Å²) in [5, 5.41) is 8.04. The molecule has 1 aromatic heterocycles. The predicted molar refractivity (Wildman–Crippen MR) is 164 cm³/mol. The second kappa shape index (κ2) is 8.17. The Bertz CT molecular complexity index is 1880. The third kappa shape index (κ3) is 3.16. The van der Waals surface area contributed by atoms with Gasteiger partial charge in [-0.05, 0) is 130 Å². The highest BCUT2D eigenvalue weighted by Crippen LogP contribution is 2.57. The SMILES string of the molecule is Cp1oc2ccc3c4c(ccc3c2c2c(ccc3c5c(ccc32)C2CCCC2(C)CC5)o1)C1CCCC1CC4. The lowest BCUT2D eigenvalue weighted by molar-refractivity contribution is 0.253. The minimum atomic E-state index is -1.04. The molecule has 1 heterocycles. The lowest BCUT2D eigenvalue weighted by atomic mass is 9.66. The summed E-state index contributed by atoms with van der Waals surface area (Å²) in [6.45, 7) is 4.63. The smallest absolute Gasteiger partial charge is 0.213 e. The molecule has 0 aliphatic heterocycles. The van der Waals surface area contributed by atoms with Crippen LogP contribution in [0, 0.1) is 11.3 Å². The Kier molecular flexibility index (Phi) is 4.83. The van der Waals surface area contributed by atoms with Gasteiger partial charge in [0.25, 0.3) is 0 Å². The Morgan fingerprint density at radius 1 is 0.667 bits per heavy atom. The number of rotatable bonds is 0. The standard InChI is InChI=1S/C36H37O2P/c1-36-19-4-7-31(36)28-11-13-30-26(27(28)18-20-36)15-17-33-35(30)34-29-12-10-23-22-6-3-5-21(22)8-9-24(23)25(29)14-16-32(34)37-39(2)38-33/h10-17,21-22,31H,3-9,18-20H2,1-2H3. The fourth-order valence-corrected chi connectivity index (χ4v) is 10.6. The highest BCUT2D eigenvalue weighted by atomic mass is 31.1. The highest BCUT2D eigenvalue weighted by Gasteiger charge is 2.43. The highest BCUT2D eigenvalue weighted by molar-refractivity contribution is 7.35. The number of fused-ring (bicyclic) bond motifs is 15. The van der Waals surface area contributed by atoms with Crippen LogP contribution in [0.3, 0.4) is 0 Å². The second-order valence-corrected chi connectivity index (χ2v) is 14.6. The van der Waals surface area contributed by atoms with Crippen molar-refractivity contribution in [2.75, 3.05) is 0 Å². The molecule has 0 saturated heterocycles. The first kappa shape index (κ1) is 23.0. The molecule has 0 bridgehead atoms. The number of aryl methyl sites for hydroxylation is 3. The molecule has 2 fully saturated rings. The summed E-state index contributed by atoms with van der Waals surface area (Å²) in [5.41, 5.74) is 8.90. The largest absolute Gasteiger partial charge is 0.419 e. The van der Waals surface area contributed by atoms with E-state index in [1.165, 1.54) is 96.5 Å². The summed E-state index contributed by atoms with van der Waals surface area (Å²) in [7, 11) is -1.04. The van der Waals surface area contributed by atoms with Crippen molar-refractivity contribution >= 4 is 51.5 Å². The van der Waals surface area contributed by atoms with Crippen molar-refractivity contribution < 1.29 is 8.39 Å². The molecule has 5 atom stereocenters. The first-order valence-corrected chi connectivity index (χ1v) is 17.0. The van der Waals surface area contributed by atoms with E-state index < -0.39 is 8.01 Å². The molecular weight excluding hydrogens is 495 g/mol. The van der Waals surface area contributed by atoms with E-state index in [0.717, 1.165) is 23.0 Å². The van der Waals surface area contributed by atoms with Crippen molar-refractivity contribution in [2.24, 2.45) is 18.0 Å². The molecule has 39 heavy (non-hydrogen) atoms. The van der Waals surface area contributed by atoms with Crippen LogP contribution in [0.5, 0.6) is 0 Å². The van der Waals surface area contributed by atoms with Gasteiger partial charge in [-0.2, -0.15) is 0 Å². The monoisotopic (exact) mass is 532 g/mol. The molecule has 4 aliphatic carbocycles. The van der Waals surface area contributed by atoms with E-state index in [9.17, 15) is 0 Å². The van der Waals surface area contributed by atoms with E-state index in [4.69, 9.17) is 8.39 Å². The van der Waals surface area contributed by atoms with Gasteiger partial charge in [-0.15, -0.1) is 0 Å². The summed E-state index contributed by atoms with van der Waals surface area (Å²) in [5.74, 6) is 2.38. The van der Waals surface area contributed by atoms with E-state index in [0.29, 0.717) is 11.3 Å². The first-order valence-electron chi connectivity index (χ1n) is 15.4. The lowest BCUT2D eigenvalue weighted by Crippen LogP contribution is -2.26. The summed E-state index contributed by atoms with van der Waals surface area (Å²) in [4.78, 5) is 0. The Balaban J connectivity index is 1.39. The maximum atomic E-state index is 6.54. The van der Waals surface area contributed by atoms with Gasteiger partial charge in [0, 0.05) is 17.4 Å². The van der Waals surface area contributed by atoms with Gasteiger partial charge in [-0.25, -0.2) is 0 Å². The Morgan fingerprint density at radius 2 is 1.33 bits per heavy atom. The van der Waals surface area contributed by atoms with Crippen LogP contribution in [0.4, 0.5) is 0 Å². The molecule has 0 N–H and O–H groups in total. The summed E-state index contributed by atoms with van der Waals surface area (Å²) >= 11 is 0. The van der Waals surface area contributed by atoms with E-state index in [2.05, 4.69) is 62.1 Å². The van der Waals surface area contributed by atoms with Crippen LogP contribution in [0.2, 0.25) is 0 Å². The molecule has 2 saturated carbocycles. The minimum Gasteiger partial charge on any atom is -0.419 e. The fourth-order valence-electron chi connectivity index (χ4n) is 9.72. The molecule has 0 radical (unpaired) electrons. The van der Waals surface area contributed by atoms with Gasteiger partial charge in [0.1, 0.15) is 11.2 Å². The maximum absolute atomic E-state index is 6.54. The fraction of sp³-hybridized carbons (Fsp3) is 0.444. The average molecular weight is 533 g/mol. The zero-order valence-corrected chi connectivity index (χ0v) is 24.1. The number of hydrogen-bond donors (Lipinski definition) is 0. The van der Waals surface area contributed by atoms with Crippen molar-refractivity contribution in [2.45, 2.75) is 83.0 Å². The van der Waals surface area contributed by atoms with Gasteiger partial charge >= 0.3 is 0 Å². The normalized spacial score (nSPS) is 28.1. The van der Waals surface area contributed by atoms with Crippen molar-refractivity contribution in [3.05, 3.63) is 70.8 Å². The zero-order chi connectivity index (χ0) is 25.9. The van der Waals surface area contributed by atoms with E-state index in [-0.39, 0.29) is 0 Å². The average Bonchev–Trinajstić information content (AvgIpc) is 3.55. The van der Waals surface area contributed by atoms with Crippen molar-refractivity contribution in [1.29, 1.82) is 0 Å². The van der Waals surface area contributed by atoms with Gasteiger partial charge < -0.3 is 8.39 Å². The topological polar surface area (TPSA) is 26.3 Å². The predicted octanol–water partition coefficient (Wildman–Crippen LogP) is 11.2. The van der Waals surface area contributed by atoms with Crippen LogP contribution in [-0.2, 0) is 19.5 Å². The third-order valence-corrected chi connectivity index (χ3v) is 12.5. The first-order chi connectivity index (χ1) is 19.1. The van der Waals surface area contributed by atoms with Crippen LogP contribution < -0.4 is 0 Å². The van der Waals surface area contributed by atoms with Gasteiger partial charge in [0.2, 0.25) is 8.01 Å². The second-order valence-electron chi connectivity index (χ2n) is 13.4. The Morgan fingerprint density at radius 3 is 2.08 bits per heavy atom. The minimum absolute atomic E-state index is 0.488. The molecule has 3 heteroatoms. The van der Waals surface area contributed by atoms with E-state index >= 15 is 0 Å². The number of hydrogen-bond acceptors (Lipinski definition) is 2. The summed E-state index contributed by atoms with van der Waals surface area (Å²) in [6.07, 6.45) is 13.3. The van der Waals surface area contributed by atoms with Crippen LogP contribution in [-0.4, -0.2) is 0 Å². The lowest BCUT2D eigenvalue weighted by Gasteiger charge is -2.38. The van der Waals surface area contributed by atoms with E-state index in [1.807, 2.05) is 0 Å². The summed E-state index contributed by atoms with van der Waals surface area (Å²) in [6, 6.07) is 19.0. The Labute approximate surface area is 231 Å². The molecule has 0 spiro atoms. The van der Waals surface area contributed by atoms with Gasteiger partial charge in [0.05, 0.1) is 0 Å². The third-order valence-electron chi connectivity index (χ3n) is 11.6. The molecule has 5 aromatic rings. The molecule has 5 unspecified atom stereocenters. The van der Waals surface area contributed by atoms with Crippen LogP contribution in [0.1, 0.15) is 92.4 Å². The molecule has 2 nitrogen and oxygen atoms in total. The quantitative estimate of drug-likeness (QED) is 0.198. The molecule has 0 amide bonds. The van der Waals surface area contributed by atoms with Crippen molar-refractivity contribution in [3.8, 4) is 0 Å². The van der Waals surface area contributed by atoms with Gasteiger partial charge in [-0.3, -0.25) is 0 Å². The van der Waals surface area contributed by atoms with Crippen LogP contribution >= 0.6 is 8.01 Å². The molecule has 198 valence electrons. The van der Waals surface area contributed by atoms with Crippen LogP contribution in [0.15, 0.2) is 56.9 Å². The molecule has 4 aromatic carbocycles. The zero-order valence-electron chi connectivity index (χ0n) is 23.2. The van der Waals surface area contributed by atoms with Crippen LogP contribution in [0.25, 0.3) is 43.5 Å². The van der Waals surface area contributed by atoms with Gasteiger partial charge in [-0.1, -0.05) is 56.2 Å². The molecular formula is C36H37O2P. The molecule has 4 aliphatic rings. The number of benzene rings is 4. The van der Waals surface area contributed by atoms with Gasteiger partial charge in [0.15, 0.2) is 0 Å². The molecule has 9 rings (SSSR count). The summed E-state index contributed by atoms with van der Waals surface area (Å²) < 4.78 is 13.1.